The van der Waals surface area contributed by atoms with E-state index in [4.69, 9.17) is 0 Å². The molecule has 0 fully saturated rings. The minimum Gasteiger partial charge on any atom is -0.375 e. The summed E-state index contributed by atoms with van der Waals surface area (Å²) in [4.78, 5) is 0. The first-order chi connectivity index (χ1) is 12.5. The molecule has 0 saturated heterocycles. The van der Waals surface area contributed by atoms with Gasteiger partial charge in [0, 0.05) is 10.8 Å². The third kappa shape index (κ3) is 4.53. The van der Waals surface area contributed by atoms with Gasteiger partial charge in [-0.15, -0.1) is 0 Å². The van der Waals surface area contributed by atoms with Crippen molar-refractivity contribution in [2.45, 2.75) is 11.0 Å². The molecule has 28 heavy (non-hydrogen) atoms. The minimum absolute atomic E-state index is 0.0941. The molecule has 0 N–H and O–H groups in total. The van der Waals surface area contributed by atoms with Crippen LogP contribution in [0.25, 0.3) is 10.8 Å². The molecule has 2 aromatic carbocycles. The van der Waals surface area contributed by atoms with Crippen LogP contribution in [0.4, 0.5) is 26.3 Å². The van der Waals surface area contributed by atoms with Gasteiger partial charge >= 0.3 is 31.3 Å². The van der Waals surface area contributed by atoms with Gasteiger partial charge in [0.2, 0.25) is 0 Å². The van der Waals surface area contributed by atoms with Gasteiger partial charge in [-0.2, -0.15) is 43.2 Å². The van der Waals surface area contributed by atoms with Crippen LogP contribution in [-0.2, 0) is 20.2 Å². The highest BCUT2D eigenvalue weighted by molar-refractivity contribution is 14.1. The van der Waals surface area contributed by atoms with Crippen LogP contribution in [0.3, 0.4) is 0 Å². The summed E-state index contributed by atoms with van der Waals surface area (Å²) < 4.78 is 127. The van der Waals surface area contributed by atoms with E-state index < -0.39 is 42.8 Å². The van der Waals surface area contributed by atoms with E-state index in [0.717, 1.165) is 24.3 Å². The van der Waals surface area contributed by atoms with Crippen molar-refractivity contribution in [1.82, 2.24) is 0 Å². The monoisotopic (exact) mass is 676 g/mol. The van der Waals surface area contributed by atoms with E-state index in [1.807, 2.05) is 0 Å². The predicted molar refractivity (Wildman–Crippen MR) is 101 cm³/mol. The number of fused-ring (bicyclic) bond motifs is 1. The van der Waals surface area contributed by atoms with Crippen LogP contribution in [0.1, 0.15) is 0 Å². The zero-order valence-electron chi connectivity index (χ0n) is 12.6. The molecule has 0 aromatic heterocycles. The second-order valence-corrected chi connectivity index (χ2v) is 10.1. The molecule has 0 aliphatic rings. The van der Waals surface area contributed by atoms with Crippen molar-refractivity contribution in [3.63, 3.8) is 0 Å². The van der Waals surface area contributed by atoms with E-state index in [1.165, 1.54) is 45.2 Å². The maximum Gasteiger partial charge on any atom is 0.534 e. The smallest absolute Gasteiger partial charge is 0.375 e. The molecule has 0 bridgehead atoms. The zero-order valence-corrected chi connectivity index (χ0v) is 18.5. The van der Waals surface area contributed by atoms with E-state index >= 15 is 0 Å². The van der Waals surface area contributed by atoms with Crippen molar-refractivity contribution in [2.24, 2.45) is 0 Å². The van der Waals surface area contributed by atoms with E-state index in [9.17, 15) is 43.2 Å². The van der Waals surface area contributed by atoms with Crippen molar-refractivity contribution < 1.29 is 51.5 Å². The SMILES string of the molecule is O=S(=O)(Oc1ccc2c(I)c(OS(=O)(=O)C(F)(F)F)ccc2c1I)C(F)(F)F. The molecule has 0 saturated carbocycles. The molecule has 0 spiro atoms. The number of rotatable bonds is 4. The van der Waals surface area contributed by atoms with Crippen LogP contribution in [0.2, 0.25) is 0 Å². The van der Waals surface area contributed by atoms with Gasteiger partial charge in [-0.1, -0.05) is 0 Å². The number of benzene rings is 2. The fourth-order valence-electron chi connectivity index (χ4n) is 1.75. The van der Waals surface area contributed by atoms with Gasteiger partial charge in [-0.05, 0) is 69.4 Å². The predicted octanol–water partition coefficient (Wildman–Crippen LogP) is 4.51. The number of hydrogen-bond donors (Lipinski definition) is 0. The average Bonchev–Trinajstić information content (AvgIpc) is 2.50. The normalized spacial score (nSPS) is 13.6. The molecule has 0 atom stereocenters. The highest BCUT2D eigenvalue weighted by Crippen LogP contribution is 2.39. The third-order valence-corrected chi connectivity index (χ3v) is 7.12. The Morgan fingerprint density at radius 3 is 1.18 bits per heavy atom. The molecule has 0 aliphatic heterocycles. The van der Waals surface area contributed by atoms with Crippen molar-refractivity contribution >= 4 is 76.2 Å². The van der Waals surface area contributed by atoms with Gasteiger partial charge in [0.1, 0.15) is 0 Å². The van der Waals surface area contributed by atoms with Crippen molar-refractivity contribution in [1.29, 1.82) is 0 Å². The second kappa shape index (κ2) is 7.49. The summed E-state index contributed by atoms with van der Waals surface area (Å²) in [5.74, 6) is -1.34. The lowest BCUT2D eigenvalue weighted by molar-refractivity contribution is -0.0505. The van der Waals surface area contributed by atoms with Crippen LogP contribution in [0.15, 0.2) is 24.3 Å². The molecule has 0 radical (unpaired) electrons. The Balaban J connectivity index is 2.54. The first-order valence-corrected chi connectivity index (χ1v) is 11.4. The van der Waals surface area contributed by atoms with Gasteiger partial charge < -0.3 is 8.37 Å². The lowest BCUT2D eigenvalue weighted by Crippen LogP contribution is -2.28. The van der Waals surface area contributed by atoms with E-state index in [0.29, 0.717) is 0 Å². The highest BCUT2D eigenvalue weighted by Gasteiger charge is 2.49. The third-order valence-electron chi connectivity index (χ3n) is 2.96. The molecule has 0 unspecified atom stereocenters. The van der Waals surface area contributed by atoms with E-state index in [-0.39, 0.29) is 17.9 Å². The number of hydrogen-bond acceptors (Lipinski definition) is 6. The topological polar surface area (TPSA) is 86.7 Å². The Hall–Kier alpha value is -0.760. The Morgan fingerprint density at radius 1 is 0.643 bits per heavy atom. The fourth-order valence-corrected chi connectivity index (χ4v) is 4.51. The molecule has 0 aliphatic carbocycles. The molecule has 2 rings (SSSR count). The quantitative estimate of drug-likeness (QED) is 0.205. The fraction of sp³-hybridized carbons (Fsp3) is 0.167. The van der Waals surface area contributed by atoms with Crippen LogP contribution in [0.5, 0.6) is 11.5 Å². The lowest BCUT2D eigenvalue weighted by atomic mass is 10.1. The van der Waals surface area contributed by atoms with Crippen molar-refractivity contribution in [3.8, 4) is 11.5 Å². The first-order valence-electron chi connectivity index (χ1n) is 6.40. The summed E-state index contributed by atoms with van der Waals surface area (Å²) >= 11 is 2.95. The van der Waals surface area contributed by atoms with Crippen molar-refractivity contribution in [2.75, 3.05) is 0 Å². The summed E-state index contributed by atoms with van der Waals surface area (Å²) in [5, 5.41) is 0.188. The molecule has 2 aromatic rings. The minimum atomic E-state index is -5.94. The molecule has 0 amide bonds. The standard InChI is InChI=1S/C12H4F6I2O6S2/c13-11(14,15)27(21,22)25-7-3-1-5-6(10(7)20)2-4-8(9(5)19)26-28(23,24)12(16,17)18/h1-4H. The lowest BCUT2D eigenvalue weighted by Gasteiger charge is -2.15. The first kappa shape index (κ1) is 23.5. The van der Waals surface area contributed by atoms with Crippen LogP contribution < -0.4 is 8.37 Å². The Labute approximate surface area is 180 Å². The van der Waals surface area contributed by atoms with Gasteiger partial charge in [0.25, 0.3) is 0 Å². The van der Waals surface area contributed by atoms with Crippen LogP contribution in [0, 0.1) is 7.14 Å². The molecule has 6 nitrogen and oxygen atoms in total. The van der Waals surface area contributed by atoms with Crippen LogP contribution in [-0.4, -0.2) is 27.9 Å². The maximum atomic E-state index is 12.5. The van der Waals surface area contributed by atoms with E-state index in [1.54, 1.807) is 0 Å². The molecular weight excluding hydrogens is 672 g/mol. The molecular formula is C12H4F6I2O6S2. The molecule has 156 valence electrons. The molecule has 0 heterocycles. The summed E-state index contributed by atoms with van der Waals surface area (Å²) in [6.45, 7) is 0. The summed E-state index contributed by atoms with van der Waals surface area (Å²) in [6.07, 6.45) is 0. The maximum absolute atomic E-state index is 12.5. The van der Waals surface area contributed by atoms with Crippen molar-refractivity contribution in [3.05, 3.63) is 31.4 Å². The second-order valence-electron chi connectivity index (χ2n) is 4.82. The Bertz CT molecular complexity index is 1050. The Morgan fingerprint density at radius 2 is 0.929 bits per heavy atom. The number of halogens is 8. The van der Waals surface area contributed by atoms with E-state index in [2.05, 4.69) is 8.37 Å². The average molecular weight is 676 g/mol. The summed E-state index contributed by atoms with van der Waals surface area (Å²) in [6, 6.07) is 3.79. The van der Waals surface area contributed by atoms with Gasteiger partial charge in [-0.3, -0.25) is 0 Å². The largest absolute Gasteiger partial charge is 0.534 e. The summed E-state index contributed by atoms with van der Waals surface area (Å²) in [7, 11) is -11.9. The zero-order chi connectivity index (χ0) is 21.7. The number of alkyl halides is 6. The van der Waals surface area contributed by atoms with Crippen LogP contribution >= 0.6 is 45.2 Å². The van der Waals surface area contributed by atoms with Gasteiger partial charge in [0.15, 0.2) is 11.5 Å². The van der Waals surface area contributed by atoms with Gasteiger partial charge in [-0.25, -0.2) is 0 Å². The Kier molecular flexibility index (Phi) is 6.29. The highest BCUT2D eigenvalue weighted by atomic mass is 127. The molecule has 16 heteroatoms. The van der Waals surface area contributed by atoms with Gasteiger partial charge in [0.05, 0.1) is 7.14 Å². The summed E-state index contributed by atoms with van der Waals surface area (Å²) in [5.41, 5.74) is -11.3.